The number of sulfonamides is 1. The van der Waals surface area contributed by atoms with Gasteiger partial charge in [0.2, 0.25) is 10.0 Å². The number of morpholine rings is 1. The van der Waals surface area contributed by atoms with Crippen LogP contribution in [0.25, 0.3) is 0 Å². The molecule has 0 radical (unpaired) electrons. The summed E-state index contributed by atoms with van der Waals surface area (Å²) in [5, 5.41) is 2.93. The number of nitrogens with one attached hydrogen (secondary N) is 1. The zero-order valence-electron chi connectivity index (χ0n) is 17.0. The number of ether oxygens (including phenoxy) is 2. The van der Waals surface area contributed by atoms with Crippen molar-refractivity contribution < 1.29 is 27.5 Å². The number of aryl methyl sites for hydroxylation is 1. The molecule has 1 saturated heterocycles. The van der Waals surface area contributed by atoms with Crippen molar-refractivity contribution in [2.45, 2.75) is 24.8 Å². The molecule has 0 spiro atoms. The first-order valence-electron chi connectivity index (χ1n) is 9.50. The molecule has 2 heterocycles. The van der Waals surface area contributed by atoms with Crippen LogP contribution in [0.3, 0.4) is 0 Å². The van der Waals surface area contributed by atoms with Crippen LogP contribution < -0.4 is 5.32 Å². The summed E-state index contributed by atoms with van der Waals surface area (Å²) in [5.74, 6) is -1.15. The Balaban J connectivity index is 1.72. The van der Waals surface area contributed by atoms with E-state index < -0.39 is 28.0 Å². The summed E-state index contributed by atoms with van der Waals surface area (Å²) < 4.78 is 37.7. The third-order valence-electron chi connectivity index (χ3n) is 4.64. The van der Waals surface area contributed by atoms with Gasteiger partial charge in [-0.25, -0.2) is 18.2 Å². The van der Waals surface area contributed by atoms with E-state index in [4.69, 9.17) is 21.1 Å². The topological polar surface area (TPSA) is 115 Å². The van der Waals surface area contributed by atoms with E-state index in [0.29, 0.717) is 23.8 Å². The highest BCUT2D eigenvalue weighted by atomic mass is 35.5. The summed E-state index contributed by atoms with van der Waals surface area (Å²) in [6.07, 6.45) is 0.238. The lowest BCUT2D eigenvalue weighted by Gasteiger charge is -2.26. The van der Waals surface area contributed by atoms with E-state index in [9.17, 15) is 18.0 Å². The standard InChI is InChI=1S/C20H22ClN3O6S/c1-13-3-4-15(11-17(13)31(27,28)24-7-9-29-10-8-24)20(26)30-14(2)19(25)23-18-6-5-16(21)12-22-18/h3-6,11-12,14H,7-10H2,1-2H3,(H,22,23,25). The number of esters is 1. The predicted octanol–water partition coefficient (Wildman–Crippen LogP) is 2.25. The van der Waals surface area contributed by atoms with Crippen LogP contribution in [0.15, 0.2) is 41.4 Å². The van der Waals surface area contributed by atoms with Crippen molar-refractivity contribution in [3.63, 3.8) is 0 Å². The monoisotopic (exact) mass is 467 g/mol. The first-order valence-corrected chi connectivity index (χ1v) is 11.3. The van der Waals surface area contributed by atoms with Crippen molar-refractivity contribution in [3.8, 4) is 0 Å². The van der Waals surface area contributed by atoms with Crippen molar-refractivity contribution in [3.05, 3.63) is 52.7 Å². The minimum Gasteiger partial charge on any atom is -0.449 e. The number of hydrogen-bond acceptors (Lipinski definition) is 7. The second-order valence-corrected chi connectivity index (χ2v) is 9.24. The molecule has 31 heavy (non-hydrogen) atoms. The van der Waals surface area contributed by atoms with Crippen LogP contribution >= 0.6 is 11.6 Å². The lowest BCUT2D eigenvalue weighted by atomic mass is 10.1. The van der Waals surface area contributed by atoms with Crippen LogP contribution in [-0.4, -0.2) is 62.0 Å². The van der Waals surface area contributed by atoms with Crippen molar-refractivity contribution in [1.29, 1.82) is 0 Å². The molecular formula is C20H22ClN3O6S. The second-order valence-electron chi connectivity index (χ2n) is 6.90. The first-order chi connectivity index (χ1) is 14.7. The van der Waals surface area contributed by atoms with Crippen LogP contribution in [0.1, 0.15) is 22.8 Å². The molecule has 1 aromatic carbocycles. The maximum Gasteiger partial charge on any atom is 0.338 e. The van der Waals surface area contributed by atoms with E-state index in [1.54, 1.807) is 13.0 Å². The number of amides is 1. The molecule has 1 aliphatic heterocycles. The van der Waals surface area contributed by atoms with Crippen LogP contribution in [0.4, 0.5) is 5.82 Å². The molecule has 1 atom stereocenters. The Bertz CT molecular complexity index is 1070. The molecule has 1 amide bonds. The maximum atomic E-state index is 13.0. The number of rotatable bonds is 6. The van der Waals surface area contributed by atoms with E-state index in [2.05, 4.69) is 10.3 Å². The summed E-state index contributed by atoms with van der Waals surface area (Å²) >= 11 is 5.76. The lowest BCUT2D eigenvalue weighted by molar-refractivity contribution is -0.123. The van der Waals surface area contributed by atoms with E-state index >= 15 is 0 Å². The van der Waals surface area contributed by atoms with Crippen LogP contribution in [0, 0.1) is 6.92 Å². The molecule has 1 fully saturated rings. The van der Waals surface area contributed by atoms with E-state index in [0.717, 1.165) is 0 Å². The van der Waals surface area contributed by atoms with Gasteiger partial charge in [0, 0.05) is 19.3 Å². The molecule has 9 nitrogen and oxygen atoms in total. The Labute approximate surface area is 185 Å². The zero-order valence-corrected chi connectivity index (χ0v) is 18.6. The SMILES string of the molecule is Cc1ccc(C(=O)OC(C)C(=O)Nc2ccc(Cl)cn2)cc1S(=O)(=O)N1CCOCC1. The summed E-state index contributed by atoms with van der Waals surface area (Å²) in [6.45, 7) is 4.17. The van der Waals surface area contributed by atoms with Gasteiger partial charge in [-0.3, -0.25) is 4.79 Å². The molecule has 0 bridgehead atoms. The third kappa shape index (κ3) is 5.59. The van der Waals surface area contributed by atoms with Gasteiger partial charge in [0.1, 0.15) is 5.82 Å². The number of nitrogens with zero attached hydrogens (tertiary/aromatic N) is 2. The average molecular weight is 468 g/mol. The minimum atomic E-state index is -3.79. The van der Waals surface area contributed by atoms with Crippen LogP contribution in [0.2, 0.25) is 5.02 Å². The first kappa shape index (κ1) is 23.1. The van der Waals surface area contributed by atoms with Crippen LogP contribution in [-0.2, 0) is 24.3 Å². The largest absolute Gasteiger partial charge is 0.449 e. The van der Waals surface area contributed by atoms with Gasteiger partial charge in [0.15, 0.2) is 6.10 Å². The molecule has 1 unspecified atom stereocenters. The number of carbonyl (C=O) groups excluding carboxylic acids is 2. The second kappa shape index (κ2) is 9.73. The molecule has 0 aliphatic carbocycles. The molecule has 3 rings (SSSR count). The van der Waals surface area contributed by atoms with Gasteiger partial charge in [-0.05, 0) is 43.7 Å². The van der Waals surface area contributed by atoms with Crippen molar-refractivity contribution in [1.82, 2.24) is 9.29 Å². The van der Waals surface area contributed by atoms with Crippen molar-refractivity contribution >= 4 is 39.3 Å². The Hall–Kier alpha value is -2.53. The Morgan fingerprint density at radius 2 is 1.94 bits per heavy atom. The zero-order chi connectivity index (χ0) is 22.6. The fourth-order valence-corrected chi connectivity index (χ4v) is 4.66. The van der Waals surface area contributed by atoms with E-state index in [1.165, 1.54) is 41.7 Å². The van der Waals surface area contributed by atoms with Gasteiger partial charge < -0.3 is 14.8 Å². The molecule has 1 aromatic heterocycles. The van der Waals surface area contributed by atoms with Gasteiger partial charge in [-0.1, -0.05) is 17.7 Å². The van der Waals surface area contributed by atoms with Gasteiger partial charge in [-0.15, -0.1) is 0 Å². The highest BCUT2D eigenvalue weighted by Crippen LogP contribution is 2.23. The molecule has 2 aromatic rings. The van der Waals surface area contributed by atoms with E-state index in [-0.39, 0.29) is 29.4 Å². The summed E-state index contributed by atoms with van der Waals surface area (Å²) in [4.78, 5) is 28.8. The quantitative estimate of drug-likeness (QED) is 0.648. The molecule has 166 valence electrons. The lowest BCUT2D eigenvalue weighted by Crippen LogP contribution is -2.40. The Morgan fingerprint density at radius 1 is 1.23 bits per heavy atom. The van der Waals surface area contributed by atoms with Gasteiger partial charge >= 0.3 is 5.97 Å². The molecule has 0 saturated carbocycles. The molecular weight excluding hydrogens is 446 g/mol. The molecule has 11 heteroatoms. The Kier molecular flexibility index (Phi) is 7.26. The van der Waals surface area contributed by atoms with E-state index in [1.807, 2.05) is 0 Å². The van der Waals surface area contributed by atoms with Gasteiger partial charge in [0.05, 0.1) is 28.7 Å². The van der Waals surface area contributed by atoms with Gasteiger partial charge in [0.25, 0.3) is 5.91 Å². The van der Waals surface area contributed by atoms with Crippen molar-refractivity contribution in [2.75, 3.05) is 31.6 Å². The fraction of sp³-hybridized carbons (Fsp3) is 0.350. The molecule has 1 aliphatic rings. The Morgan fingerprint density at radius 3 is 2.58 bits per heavy atom. The number of aromatic nitrogens is 1. The normalized spacial score (nSPS) is 15.8. The number of anilines is 1. The predicted molar refractivity (Wildman–Crippen MR) is 114 cm³/mol. The van der Waals surface area contributed by atoms with Crippen LogP contribution in [0.5, 0.6) is 0 Å². The summed E-state index contributed by atoms with van der Waals surface area (Å²) in [5.41, 5.74) is 0.532. The fourth-order valence-electron chi connectivity index (χ4n) is 2.89. The number of hydrogen-bond donors (Lipinski definition) is 1. The van der Waals surface area contributed by atoms with Crippen molar-refractivity contribution in [2.24, 2.45) is 0 Å². The minimum absolute atomic E-state index is 0.0197. The average Bonchev–Trinajstić information content (AvgIpc) is 2.76. The maximum absolute atomic E-state index is 13.0. The summed E-state index contributed by atoms with van der Waals surface area (Å²) in [7, 11) is -3.79. The smallest absolute Gasteiger partial charge is 0.338 e. The number of pyridine rings is 1. The number of benzene rings is 1. The highest BCUT2D eigenvalue weighted by Gasteiger charge is 2.29. The molecule has 1 N–H and O–H groups in total. The summed E-state index contributed by atoms with van der Waals surface area (Å²) in [6, 6.07) is 7.34. The third-order valence-corrected chi connectivity index (χ3v) is 6.91. The van der Waals surface area contributed by atoms with Gasteiger partial charge in [-0.2, -0.15) is 4.31 Å². The highest BCUT2D eigenvalue weighted by molar-refractivity contribution is 7.89. The number of carbonyl (C=O) groups is 2. The number of halogens is 1.